The molecule has 2 aromatic rings. The zero-order chi connectivity index (χ0) is 23.0. The van der Waals surface area contributed by atoms with Crippen molar-refractivity contribution >= 4 is 11.8 Å². The Morgan fingerprint density at radius 3 is 2.26 bits per heavy atom. The second kappa shape index (κ2) is 11.4. The molecule has 0 radical (unpaired) electrons. The molecular weight excluding hydrogens is 392 g/mol. The number of hydrogen-bond acceptors (Lipinski definition) is 4. The molecule has 0 aliphatic rings. The Hall–Kier alpha value is -3.02. The second-order valence-corrected chi connectivity index (χ2v) is 8.04. The van der Waals surface area contributed by atoms with Crippen LogP contribution < -0.4 is 20.1 Å². The van der Waals surface area contributed by atoms with Crippen LogP contribution >= 0.6 is 0 Å². The van der Waals surface area contributed by atoms with Gasteiger partial charge in [-0.25, -0.2) is 0 Å². The van der Waals surface area contributed by atoms with Crippen LogP contribution in [0.1, 0.15) is 48.9 Å². The molecular formula is C25H34N2O4. The van der Waals surface area contributed by atoms with Gasteiger partial charge in [0.2, 0.25) is 0 Å². The van der Waals surface area contributed by atoms with Crippen molar-refractivity contribution in [2.45, 2.75) is 53.6 Å². The molecule has 6 heteroatoms. The third kappa shape index (κ3) is 7.02. The topological polar surface area (TPSA) is 76.7 Å². The average Bonchev–Trinajstić information content (AvgIpc) is 2.74. The summed E-state index contributed by atoms with van der Waals surface area (Å²) in [6, 6.07) is 11.7. The lowest BCUT2D eigenvalue weighted by Crippen LogP contribution is -2.41. The maximum Gasteiger partial charge on any atom is 0.260 e. The molecule has 2 N–H and O–H groups in total. The molecule has 1 unspecified atom stereocenters. The van der Waals surface area contributed by atoms with Crippen LogP contribution in [0.25, 0.3) is 0 Å². The van der Waals surface area contributed by atoms with Crippen molar-refractivity contribution in [3.05, 3.63) is 58.7 Å². The lowest BCUT2D eigenvalue weighted by atomic mass is 10.0. The minimum atomic E-state index is -0.633. The van der Waals surface area contributed by atoms with Crippen LogP contribution in [-0.4, -0.2) is 37.6 Å². The molecule has 0 heterocycles. The highest BCUT2D eigenvalue weighted by atomic mass is 16.5. The highest BCUT2D eigenvalue weighted by molar-refractivity contribution is 5.81. The Morgan fingerprint density at radius 1 is 0.903 bits per heavy atom. The first-order valence-corrected chi connectivity index (χ1v) is 10.7. The van der Waals surface area contributed by atoms with Crippen LogP contribution in [0.15, 0.2) is 36.4 Å². The number of ether oxygens (including phenoxy) is 2. The molecule has 0 aromatic heterocycles. The number of nitrogens with one attached hydrogen (secondary N) is 2. The molecule has 0 bridgehead atoms. The molecule has 1 atom stereocenters. The van der Waals surface area contributed by atoms with Crippen LogP contribution in [-0.2, 0) is 9.59 Å². The van der Waals surface area contributed by atoms with Crippen molar-refractivity contribution in [2.24, 2.45) is 0 Å². The van der Waals surface area contributed by atoms with Crippen molar-refractivity contribution in [1.29, 1.82) is 0 Å². The van der Waals surface area contributed by atoms with E-state index in [4.69, 9.17) is 9.47 Å². The van der Waals surface area contributed by atoms with E-state index in [9.17, 15) is 9.59 Å². The number of aryl methyl sites for hydroxylation is 2. The Labute approximate surface area is 185 Å². The van der Waals surface area contributed by atoms with Crippen molar-refractivity contribution < 1.29 is 19.1 Å². The second-order valence-electron chi connectivity index (χ2n) is 8.04. The first-order valence-electron chi connectivity index (χ1n) is 10.7. The van der Waals surface area contributed by atoms with E-state index in [1.54, 1.807) is 6.92 Å². The number of carbonyl (C=O) groups excluding carboxylic acids is 2. The van der Waals surface area contributed by atoms with Gasteiger partial charge in [-0.2, -0.15) is 0 Å². The fourth-order valence-electron chi connectivity index (χ4n) is 3.18. The maximum atomic E-state index is 12.3. The van der Waals surface area contributed by atoms with Crippen LogP contribution in [0, 0.1) is 20.8 Å². The standard InChI is InChI=1S/C25H34N2O4/c1-16(2)21-9-7-8-10-22(21)31-20(6)25(29)27-14-13-26-23(28)15-30-24-18(4)12-11-17(3)19(24)5/h7-12,16,20H,13-15H2,1-6H3,(H,26,28)(H,27,29). The lowest BCUT2D eigenvalue weighted by Gasteiger charge is -2.18. The molecule has 2 amide bonds. The van der Waals surface area contributed by atoms with Crippen molar-refractivity contribution in [3.63, 3.8) is 0 Å². The summed E-state index contributed by atoms with van der Waals surface area (Å²) in [5.41, 5.74) is 4.22. The predicted molar refractivity (Wildman–Crippen MR) is 123 cm³/mol. The van der Waals surface area contributed by atoms with Gasteiger partial charge >= 0.3 is 0 Å². The van der Waals surface area contributed by atoms with E-state index in [1.165, 1.54) is 0 Å². The third-order valence-corrected chi connectivity index (χ3v) is 5.18. The van der Waals surface area contributed by atoms with Gasteiger partial charge in [0, 0.05) is 13.1 Å². The fourth-order valence-corrected chi connectivity index (χ4v) is 3.18. The van der Waals surface area contributed by atoms with Gasteiger partial charge in [-0.05, 0) is 61.9 Å². The van der Waals surface area contributed by atoms with E-state index in [1.807, 2.05) is 57.2 Å². The first-order chi connectivity index (χ1) is 14.7. The minimum absolute atomic E-state index is 0.0649. The SMILES string of the molecule is Cc1ccc(C)c(OCC(=O)NCCNC(=O)C(C)Oc2ccccc2C(C)C)c1C. The number of carbonyl (C=O) groups is 2. The summed E-state index contributed by atoms with van der Waals surface area (Å²) in [6.07, 6.45) is -0.633. The summed E-state index contributed by atoms with van der Waals surface area (Å²) in [5.74, 6) is 1.31. The van der Waals surface area contributed by atoms with Gasteiger partial charge in [0.25, 0.3) is 11.8 Å². The van der Waals surface area contributed by atoms with Gasteiger partial charge < -0.3 is 20.1 Å². The summed E-state index contributed by atoms with van der Waals surface area (Å²) < 4.78 is 11.6. The summed E-state index contributed by atoms with van der Waals surface area (Å²) in [5, 5.41) is 5.54. The van der Waals surface area contributed by atoms with Gasteiger partial charge in [-0.3, -0.25) is 9.59 Å². The minimum Gasteiger partial charge on any atom is -0.483 e. The zero-order valence-corrected chi connectivity index (χ0v) is 19.4. The summed E-state index contributed by atoms with van der Waals surface area (Å²) >= 11 is 0. The smallest absolute Gasteiger partial charge is 0.260 e. The molecule has 0 saturated carbocycles. The lowest BCUT2D eigenvalue weighted by molar-refractivity contribution is -0.127. The van der Waals surface area contributed by atoms with Gasteiger partial charge in [0.15, 0.2) is 12.7 Å². The molecule has 0 spiro atoms. The Kier molecular flexibility index (Phi) is 8.91. The first kappa shape index (κ1) is 24.3. The molecule has 2 rings (SSSR count). The maximum absolute atomic E-state index is 12.3. The highest BCUT2D eigenvalue weighted by Gasteiger charge is 2.17. The zero-order valence-electron chi connectivity index (χ0n) is 19.4. The van der Waals surface area contributed by atoms with Crippen LogP contribution in [0.3, 0.4) is 0 Å². The largest absolute Gasteiger partial charge is 0.483 e. The normalized spacial score (nSPS) is 11.7. The molecule has 2 aromatic carbocycles. The molecule has 0 aliphatic heterocycles. The molecule has 6 nitrogen and oxygen atoms in total. The Bertz CT molecular complexity index is 908. The third-order valence-electron chi connectivity index (χ3n) is 5.18. The van der Waals surface area contributed by atoms with Gasteiger partial charge in [0.1, 0.15) is 11.5 Å². The monoisotopic (exact) mass is 426 g/mol. The van der Waals surface area contributed by atoms with E-state index in [0.29, 0.717) is 24.8 Å². The van der Waals surface area contributed by atoms with Crippen molar-refractivity contribution in [2.75, 3.05) is 19.7 Å². The highest BCUT2D eigenvalue weighted by Crippen LogP contribution is 2.27. The van der Waals surface area contributed by atoms with Gasteiger partial charge in [0.05, 0.1) is 0 Å². The number of rotatable bonds is 10. The Morgan fingerprint density at radius 2 is 1.55 bits per heavy atom. The molecule has 0 saturated heterocycles. The van der Waals surface area contributed by atoms with Gasteiger partial charge in [-0.15, -0.1) is 0 Å². The van der Waals surface area contributed by atoms with E-state index >= 15 is 0 Å². The average molecular weight is 427 g/mol. The van der Waals surface area contributed by atoms with E-state index in [2.05, 4.69) is 24.5 Å². The summed E-state index contributed by atoms with van der Waals surface area (Å²) in [7, 11) is 0. The van der Waals surface area contributed by atoms with Crippen LogP contribution in [0.5, 0.6) is 11.5 Å². The Balaban J connectivity index is 1.73. The van der Waals surface area contributed by atoms with Crippen molar-refractivity contribution in [1.82, 2.24) is 10.6 Å². The van der Waals surface area contributed by atoms with Crippen molar-refractivity contribution in [3.8, 4) is 11.5 Å². The van der Waals surface area contributed by atoms with E-state index < -0.39 is 6.10 Å². The fraction of sp³-hybridized carbons (Fsp3) is 0.440. The summed E-state index contributed by atoms with van der Waals surface area (Å²) in [4.78, 5) is 24.4. The molecule has 31 heavy (non-hydrogen) atoms. The van der Waals surface area contributed by atoms with E-state index in [-0.39, 0.29) is 18.4 Å². The number of hydrogen-bond donors (Lipinski definition) is 2. The van der Waals surface area contributed by atoms with E-state index in [0.717, 1.165) is 28.0 Å². The van der Waals surface area contributed by atoms with Gasteiger partial charge in [-0.1, -0.05) is 44.2 Å². The van der Waals surface area contributed by atoms with Crippen LogP contribution in [0.2, 0.25) is 0 Å². The number of amides is 2. The predicted octanol–water partition coefficient (Wildman–Crippen LogP) is 3.81. The number of para-hydroxylation sites is 1. The van der Waals surface area contributed by atoms with Crippen LogP contribution in [0.4, 0.5) is 0 Å². The molecule has 168 valence electrons. The molecule has 0 aliphatic carbocycles. The molecule has 0 fully saturated rings. The quantitative estimate of drug-likeness (QED) is 0.567. The number of benzene rings is 2. The summed E-state index contributed by atoms with van der Waals surface area (Å²) in [6.45, 7) is 12.4.